The maximum Gasteiger partial charge on any atom is 0.164 e. The molecule has 0 radical (unpaired) electrons. The molecule has 7 N–H and O–H groups in total. The van der Waals surface area contributed by atoms with Crippen LogP contribution < -0.4 is 11.5 Å². The van der Waals surface area contributed by atoms with Crippen LogP contribution >= 0.6 is 0 Å². The molecule has 0 spiro atoms. The Kier molecular flexibility index (Phi) is 5.38. The molecule has 4 rings (SSSR count). The van der Waals surface area contributed by atoms with Crippen LogP contribution in [0, 0.1) is 11.6 Å². The number of nitrogen functional groups attached to an aromatic ring is 1. The van der Waals surface area contributed by atoms with Crippen LogP contribution in [0.25, 0.3) is 11.0 Å². The lowest BCUT2D eigenvalue weighted by atomic mass is 9.95. The van der Waals surface area contributed by atoms with Gasteiger partial charge in [0.05, 0.1) is 17.6 Å². The minimum atomic E-state index is -1.34. The first-order valence-electron chi connectivity index (χ1n) is 9.26. The van der Waals surface area contributed by atoms with Gasteiger partial charge in [-0.25, -0.2) is 18.7 Å². The van der Waals surface area contributed by atoms with Crippen LogP contribution in [0.1, 0.15) is 29.9 Å². The summed E-state index contributed by atoms with van der Waals surface area (Å²) >= 11 is 0. The highest BCUT2D eigenvalue weighted by molar-refractivity contribution is 5.86. The molecule has 9 nitrogen and oxygen atoms in total. The number of aromatic nitrogens is 3. The van der Waals surface area contributed by atoms with E-state index in [9.17, 15) is 24.1 Å². The van der Waals surface area contributed by atoms with Crippen molar-refractivity contribution < 1.29 is 28.8 Å². The summed E-state index contributed by atoms with van der Waals surface area (Å²) in [5.41, 5.74) is 12.1. The molecule has 3 aromatic rings. The van der Waals surface area contributed by atoms with Gasteiger partial charge in [-0.05, 0) is 29.3 Å². The average molecular weight is 421 g/mol. The highest BCUT2D eigenvalue weighted by Crippen LogP contribution is 2.37. The van der Waals surface area contributed by atoms with E-state index in [4.69, 9.17) is 16.2 Å². The van der Waals surface area contributed by atoms with Gasteiger partial charge in [-0.3, -0.25) is 0 Å². The van der Waals surface area contributed by atoms with E-state index in [1.807, 2.05) is 0 Å². The van der Waals surface area contributed by atoms with Crippen LogP contribution in [0.5, 0.6) is 0 Å². The van der Waals surface area contributed by atoms with Crippen molar-refractivity contribution >= 4 is 16.9 Å². The first kappa shape index (κ1) is 20.6. The Hall–Kier alpha value is -2.70. The number of benzene rings is 1. The monoisotopic (exact) mass is 421 g/mol. The Morgan fingerprint density at radius 1 is 1.17 bits per heavy atom. The smallest absolute Gasteiger partial charge is 0.164 e. The molecule has 0 amide bonds. The number of nitrogens with zero attached hydrogens (tertiary/aromatic N) is 3. The second kappa shape index (κ2) is 7.85. The fourth-order valence-electron chi connectivity index (χ4n) is 3.79. The molecule has 1 aliphatic heterocycles. The first-order chi connectivity index (χ1) is 14.3. The number of ether oxygens (including phenoxy) is 1. The molecule has 0 aliphatic carbocycles. The SMILES string of the molecule is NCc1cc(F)c(F)cc1[C@H](O)C[C@@H]1O[C@@H](n2ccc3c(N)ncnc32)C(O)[C@@H]1O. The maximum atomic E-state index is 13.7. The Bertz CT molecular complexity index is 1080. The van der Waals surface area contributed by atoms with Gasteiger partial charge in [0.1, 0.15) is 30.0 Å². The van der Waals surface area contributed by atoms with Crippen LogP contribution in [-0.2, 0) is 11.3 Å². The van der Waals surface area contributed by atoms with Crippen molar-refractivity contribution in [2.75, 3.05) is 5.73 Å². The highest BCUT2D eigenvalue weighted by Gasteiger charge is 2.45. The molecular weight excluding hydrogens is 400 g/mol. The summed E-state index contributed by atoms with van der Waals surface area (Å²) in [6.07, 6.45) is -3.27. The second-order valence-electron chi connectivity index (χ2n) is 7.19. The predicted octanol–water partition coefficient (Wildman–Crippen LogP) is 0.493. The van der Waals surface area contributed by atoms with Crippen molar-refractivity contribution in [1.82, 2.24) is 14.5 Å². The maximum absolute atomic E-state index is 13.7. The Morgan fingerprint density at radius 2 is 1.90 bits per heavy atom. The number of halogens is 2. The van der Waals surface area contributed by atoms with Gasteiger partial charge < -0.3 is 36.1 Å². The standard InChI is InChI=1S/C19H21F2N5O4/c20-11-3-8(6-22)10(4-12(11)21)13(27)5-14-15(28)16(29)19(30-14)26-2-1-9-17(23)24-7-25-18(9)26/h1-4,7,13-16,19,27-29H,5-6,22H2,(H2,23,24,25)/t13-,14+,15-,16?,19-/m1/s1. The third kappa shape index (κ3) is 3.40. The second-order valence-corrected chi connectivity index (χ2v) is 7.19. The number of rotatable bonds is 5. The molecule has 2 aromatic heterocycles. The predicted molar refractivity (Wildman–Crippen MR) is 102 cm³/mol. The third-order valence-corrected chi connectivity index (χ3v) is 5.37. The zero-order valence-corrected chi connectivity index (χ0v) is 15.7. The molecule has 0 saturated carbocycles. The molecule has 1 saturated heterocycles. The summed E-state index contributed by atoms with van der Waals surface area (Å²) in [7, 11) is 0. The van der Waals surface area contributed by atoms with E-state index in [1.54, 1.807) is 12.3 Å². The lowest BCUT2D eigenvalue weighted by molar-refractivity contribution is -0.0491. The number of hydrogen-bond acceptors (Lipinski definition) is 8. The van der Waals surface area contributed by atoms with Crippen molar-refractivity contribution in [1.29, 1.82) is 0 Å². The van der Waals surface area contributed by atoms with E-state index in [0.717, 1.165) is 12.1 Å². The van der Waals surface area contributed by atoms with E-state index in [1.165, 1.54) is 10.9 Å². The average Bonchev–Trinajstić information content (AvgIpc) is 3.27. The molecule has 30 heavy (non-hydrogen) atoms. The third-order valence-electron chi connectivity index (χ3n) is 5.37. The first-order valence-corrected chi connectivity index (χ1v) is 9.26. The van der Waals surface area contributed by atoms with Crippen molar-refractivity contribution in [3.05, 3.63) is 53.5 Å². The van der Waals surface area contributed by atoms with Gasteiger partial charge >= 0.3 is 0 Å². The molecule has 0 bridgehead atoms. The number of nitrogens with two attached hydrogens (primary N) is 2. The van der Waals surface area contributed by atoms with Crippen molar-refractivity contribution in [3.8, 4) is 0 Å². The molecule has 5 atom stereocenters. The topological polar surface area (TPSA) is 153 Å². The fourth-order valence-corrected chi connectivity index (χ4v) is 3.79. The van der Waals surface area contributed by atoms with Crippen LogP contribution in [0.3, 0.4) is 0 Å². The summed E-state index contributed by atoms with van der Waals surface area (Å²) in [5, 5.41) is 32.1. The van der Waals surface area contributed by atoms with Gasteiger partial charge in [0.25, 0.3) is 0 Å². The fraction of sp³-hybridized carbons (Fsp3) is 0.368. The van der Waals surface area contributed by atoms with Crippen molar-refractivity contribution in [2.45, 2.75) is 43.6 Å². The van der Waals surface area contributed by atoms with E-state index in [2.05, 4.69) is 9.97 Å². The normalized spacial score (nSPS) is 25.1. The van der Waals surface area contributed by atoms with Gasteiger partial charge in [-0.1, -0.05) is 0 Å². The molecule has 160 valence electrons. The number of aliphatic hydroxyl groups excluding tert-OH is 3. The van der Waals surface area contributed by atoms with Crippen molar-refractivity contribution in [3.63, 3.8) is 0 Å². The van der Waals surface area contributed by atoms with Crippen LogP contribution in [0.4, 0.5) is 14.6 Å². The van der Waals surface area contributed by atoms with Crippen LogP contribution in [-0.4, -0.2) is 48.2 Å². The molecule has 1 unspecified atom stereocenters. The number of aliphatic hydroxyl groups is 3. The van der Waals surface area contributed by atoms with Gasteiger partial charge in [0, 0.05) is 19.2 Å². The molecular formula is C19H21F2N5O4. The lowest BCUT2D eigenvalue weighted by Crippen LogP contribution is -2.32. The Labute approximate surface area is 169 Å². The quantitative estimate of drug-likeness (QED) is 0.399. The van der Waals surface area contributed by atoms with Crippen LogP contribution in [0.15, 0.2) is 30.7 Å². The summed E-state index contributed by atoms with van der Waals surface area (Å²) in [6.45, 7) is -0.112. The highest BCUT2D eigenvalue weighted by atomic mass is 19.2. The molecule has 1 aliphatic rings. The summed E-state index contributed by atoms with van der Waals surface area (Å²) < 4.78 is 34.4. The molecule has 3 heterocycles. The summed E-state index contributed by atoms with van der Waals surface area (Å²) in [5.74, 6) is -1.94. The van der Waals surface area contributed by atoms with E-state index >= 15 is 0 Å². The van der Waals surface area contributed by atoms with Crippen molar-refractivity contribution in [2.24, 2.45) is 5.73 Å². The molecule has 1 aromatic carbocycles. The minimum absolute atomic E-state index is 0.0945. The number of hydrogen-bond donors (Lipinski definition) is 5. The largest absolute Gasteiger partial charge is 0.388 e. The summed E-state index contributed by atoms with van der Waals surface area (Å²) in [4.78, 5) is 8.04. The van der Waals surface area contributed by atoms with E-state index in [-0.39, 0.29) is 29.9 Å². The zero-order chi connectivity index (χ0) is 21.6. The molecule has 11 heteroatoms. The van der Waals surface area contributed by atoms with Crippen LogP contribution in [0.2, 0.25) is 0 Å². The zero-order valence-electron chi connectivity index (χ0n) is 15.7. The minimum Gasteiger partial charge on any atom is -0.388 e. The Balaban J connectivity index is 1.58. The Morgan fingerprint density at radius 3 is 2.63 bits per heavy atom. The van der Waals surface area contributed by atoms with Gasteiger partial charge in [-0.15, -0.1) is 0 Å². The lowest BCUT2D eigenvalue weighted by Gasteiger charge is -2.21. The van der Waals surface area contributed by atoms with Gasteiger partial charge in [0.15, 0.2) is 17.9 Å². The molecule has 1 fully saturated rings. The van der Waals surface area contributed by atoms with E-state index < -0.39 is 42.3 Å². The number of fused-ring (bicyclic) bond motifs is 1. The van der Waals surface area contributed by atoms with Gasteiger partial charge in [-0.2, -0.15) is 0 Å². The summed E-state index contributed by atoms with van der Waals surface area (Å²) in [6, 6.07) is 3.45. The van der Waals surface area contributed by atoms with E-state index in [0.29, 0.717) is 11.0 Å². The van der Waals surface area contributed by atoms with Gasteiger partial charge in [0.2, 0.25) is 0 Å². The number of anilines is 1.